The Balaban J connectivity index is 2.19. The summed E-state index contributed by atoms with van der Waals surface area (Å²) in [6.45, 7) is 0.691. The summed E-state index contributed by atoms with van der Waals surface area (Å²) in [7, 11) is 1.84. The molecule has 0 aliphatic carbocycles. The van der Waals surface area contributed by atoms with Gasteiger partial charge in [-0.3, -0.25) is 10.1 Å². The normalized spacial score (nSPS) is 10.4. The first kappa shape index (κ1) is 13.4. The molecule has 0 spiro atoms. The van der Waals surface area contributed by atoms with E-state index in [-0.39, 0.29) is 5.69 Å². The monoisotopic (exact) mass is 276 g/mol. The van der Waals surface area contributed by atoms with Gasteiger partial charge in [0.1, 0.15) is 0 Å². The number of para-hydroxylation sites is 1. The third kappa shape index (κ3) is 3.49. The van der Waals surface area contributed by atoms with Crippen molar-refractivity contribution in [1.82, 2.24) is 15.3 Å². The molecular formula is C12H12N4O2S. The summed E-state index contributed by atoms with van der Waals surface area (Å²) in [5.74, 6) is 0. The molecule has 2 aromatic rings. The van der Waals surface area contributed by atoms with Gasteiger partial charge in [-0.05, 0) is 24.9 Å². The van der Waals surface area contributed by atoms with Crippen molar-refractivity contribution in [2.75, 3.05) is 7.05 Å². The first-order chi connectivity index (χ1) is 9.20. The molecule has 0 atom stereocenters. The van der Waals surface area contributed by atoms with Gasteiger partial charge in [0, 0.05) is 30.6 Å². The van der Waals surface area contributed by atoms with Crippen LogP contribution in [0.2, 0.25) is 0 Å². The number of nitro benzene ring substituents is 1. The lowest BCUT2D eigenvalue weighted by atomic mass is 10.3. The van der Waals surface area contributed by atoms with Crippen molar-refractivity contribution in [3.8, 4) is 0 Å². The zero-order chi connectivity index (χ0) is 13.7. The highest BCUT2D eigenvalue weighted by Crippen LogP contribution is 2.32. The number of rotatable bonds is 5. The van der Waals surface area contributed by atoms with Crippen LogP contribution in [0.4, 0.5) is 5.69 Å². The van der Waals surface area contributed by atoms with E-state index in [2.05, 4.69) is 15.3 Å². The van der Waals surface area contributed by atoms with Crippen LogP contribution in [0.3, 0.4) is 0 Å². The Kier molecular flexibility index (Phi) is 4.43. The maximum atomic E-state index is 10.9. The van der Waals surface area contributed by atoms with E-state index >= 15 is 0 Å². The first-order valence-corrected chi connectivity index (χ1v) is 6.39. The standard InChI is InChI=1S/C12H12N4O2S/c1-13-6-9-7-14-12(15-8-9)19-11-5-3-2-4-10(11)16(17)18/h2-5,7-8,13H,6H2,1H3. The highest BCUT2D eigenvalue weighted by molar-refractivity contribution is 7.99. The van der Waals surface area contributed by atoms with Gasteiger partial charge >= 0.3 is 0 Å². The summed E-state index contributed by atoms with van der Waals surface area (Å²) >= 11 is 1.19. The summed E-state index contributed by atoms with van der Waals surface area (Å²) in [5, 5.41) is 14.4. The molecule has 98 valence electrons. The van der Waals surface area contributed by atoms with Crippen LogP contribution in [-0.4, -0.2) is 21.9 Å². The average Bonchev–Trinajstić information content (AvgIpc) is 2.42. The van der Waals surface area contributed by atoms with Gasteiger partial charge in [0.05, 0.1) is 9.82 Å². The molecule has 6 nitrogen and oxygen atoms in total. The number of nitrogens with one attached hydrogen (secondary N) is 1. The largest absolute Gasteiger partial charge is 0.316 e. The predicted molar refractivity (Wildman–Crippen MR) is 72.0 cm³/mol. The van der Waals surface area contributed by atoms with E-state index in [1.165, 1.54) is 17.8 Å². The van der Waals surface area contributed by atoms with Crippen molar-refractivity contribution in [1.29, 1.82) is 0 Å². The van der Waals surface area contributed by atoms with Gasteiger partial charge in [-0.15, -0.1) is 0 Å². The quantitative estimate of drug-likeness (QED) is 0.512. The van der Waals surface area contributed by atoms with Gasteiger partial charge in [-0.1, -0.05) is 12.1 Å². The Hall–Kier alpha value is -1.99. The molecular weight excluding hydrogens is 264 g/mol. The Labute approximate surface area is 114 Å². The fourth-order valence-electron chi connectivity index (χ4n) is 1.48. The summed E-state index contributed by atoms with van der Waals surface area (Å²) < 4.78 is 0. The number of hydrogen-bond donors (Lipinski definition) is 1. The molecule has 0 fully saturated rings. The van der Waals surface area contributed by atoms with Gasteiger partial charge in [-0.2, -0.15) is 0 Å². The Morgan fingerprint density at radius 3 is 2.63 bits per heavy atom. The van der Waals surface area contributed by atoms with Crippen LogP contribution in [0.25, 0.3) is 0 Å². The Morgan fingerprint density at radius 2 is 2.00 bits per heavy atom. The zero-order valence-electron chi connectivity index (χ0n) is 10.2. The smallest absolute Gasteiger partial charge is 0.283 e. The molecule has 0 saturated carbocycles. The summed E-state index contributed by atoms with van der Waals surface area (Å²) in [4.78, 5) is 19.4. The predicted octanol–water partition coefficient (Wildman–Crippen LogP) is 2.26. The number of nitro groups is 1. The van der Waals surface area contributed by atoms with E-state index in [1.807, 2.05) is 7.05 Å². The van der Waals surface area contributed by atoms with Gasteiger partial charge in [-0.25, -0.2) is 9.97 Å². The lowest BCUT2D eigenvalue weighted by molar-refractivity contribution is -0.387. The zero-order valence-corrected chi connectivity index (χ0v) is 11.1. The Bertz CT molecular complexity index is 574. The van der Waals surface area contributed by atoms with Crippen LogP contribution in [-0.2, 0) is 6.54 Å². The number of hydrogen-bond acceptors (Lipinski definition) is 6. The lowest BCUT2D eigenvalue weighted by Crippen LogP contribution is -2.05. The van der Waals surface area contributed by atoms with Crippen molar-refractivity contribution < 1.29 is 4.92 Å². The molecule has 0 saturated heterocycles. The van der Waals surface area contributed by atoms with Gasteiger partial charge in [0.15, 0.2) is 5.16 Å². The number of benzene rings is 1. The molecule has 2 rings (SSSR count). The highest BCUT2D eigenvalue weighted by Gasteiger charge is 2.14. The lowest BCUT2D eigenvalue weighted by Gasteiger charge is -2.02. The number of nitrogens with zero attached hydrogens (tertiary/aromatic N) is 3. The van der Waals surface area contributed by atoms with E-state index in [4.69, 9.17) is 0 Å². The topological polar surface area (TPSA) is 81.0 Å². The van der Waals surface area contributed by atoms with Crippen molar-refractivity contribution >= 4 is 17.4 Å². The van der Waals surface area contributed by atoms with Crippen LogP contribution < -0.4 is 5.32 Å². The molecule has 7 heteroatoms. The molecule has 1 aromatic carbocycles. The summed E-state index contributed by atoms with van der Waals surface area (Å²) in [6.07, 6.45) is 3.42. The third-order valence-corrected chi connectivity index (χ3v) is 3.28. The second-order valence-electron chi connectivity index (χ2n) is 3.73. The fraction of sp³-hybridized carbons (Fsp3) is 0.167. The van der Waals surface area contributed by atoms with Crippen molar-refractivity contribution in [2.45, 2.75) is 16.6 Å². The van der Waals surface area contributed by atoms with Crippen LogP contribution >= 0.6 is 11.8 Å². The second-order valence-corrected chi connectivity index (χ2v) is 4.74. The molecule has 0 radical (unpaired) electrons. The van der Waals surface area contributed by atoms with Gasteiger partial charge in [0.2, 0.25) is 0 Å². The maximum absolute atomic E-state index is 10.9. The number of aromatic nitrogens is 2. The Morgan fingerprint density at radius 1 is 1.32 bits per heavy atom. The second kappa shape index (κ2) is 6.26. The van der Waals surface area contributed by atoms with Gasteiger partial charge < -0.3 is 5.32 Å². The van der Waals surface area contributed by atoms with E-state index in [1.54, 1.807) is 30.6 Å². The van der Waals surface area contributed by atoms with Crippen molar-refractivity contribution in [3.63, 3.8) is 0 Å². The van der Waals surface area contributed by atoms with Gasteiger partial charge in [0.25, 0.3) is 5.69 Å². The van der Waals surface area contributed by atoms with Crippen molar-refractivity contribution in [3.05, 3.63) is 52.3 Å². The van der Waals surface area contributed by atoms with E-state index in [9.17, 15) is 10.1 Å². The molecule has 1 heterocycles. The van der Waals surface area contributed by atoms with Crippen molar-refractivity contribution in [2.24, 2.45) is 0 Å². The molecule has 0 bridgehead atoms. The minimum absolute atomic E-state index is 0.0652. The highest BCUT2D eigenvalue weighted by atomic mass is 32.2. The molecule has 0 unspecified atom stereocenters. The van der Waals surface area contributed by atoms with Crippen LogP contribution in [0.5, 0.6) is 0 Å². The van der Waals surface area contributed by atoms with Crippen LogP contribution in [0, 0.1) is 10.1 Å². The summed E-state index contributed by atoms with van der Waals surface area (Å²) in [6, 6.07) is 6.55. The van der Waals surface area contributed by atoms with E-state index in [0.29, 0.717) is 16.6 Å². The van der Waals surface area contributed by atoms with E-state index < -0.39 is 4.92 Å². The molecule has 0 amide bonds. The van der Waals surface area contributed by atoms with Crippen LogP contribution in [0.15, 0.2) is 46.7 Å². The first-order valence-electron chi connectivity index (χ1n) is 5.57. The van der Waals surface area contributed by atoms with Crippen LogP contribution in [0.1, 0.15) is 5.56 Å². The third-order valence-electron chi connectivity index (χ3n) is 2.33. The molecule has 1 N–H and O–H groups in total. The molecule has 0 aliphatic rings. The fourth-order valence-corrected chi connectivity index (χ4v) is 2.28. The minimum Gasteiger partial charge on any atom is -0.316 e. The molecule has 1 aromatic heterocycles. The summed E-state index contributed by atoms with van der Waals surface area (Å²) in [5.41, 5.74) is 1.03. The SMILES string of the molecule is CNCc1cnc(Sc2ccccc2[N+](=O)[O-])nc1. The molecule has 0 aliphatic heterocycles. The minimum atomic E-state index is -0.405. The maximum Gasteiger partial charge on any atom is 0.283 e. The van der Waals surface area contributed by atoms with E-state index in [0.717, 1.165) is 5.56 Å². The average molecular weight is 276 g/mol. The molecule has 19 heavy (non-hydrogen) atoms.